The van der Waals surface area contributed by atoms with Gasteiger partial charge in [-0.25, -0.2) is 0 Å². The molecule has 1 amide bonds. The summed E-state index contributed by atoms with van der Waals surface area (Å²) in [6.07, 6.45) is 3.36. The predicted molar refractivity (Wildman–Crippen MR) is 94.2 cm³/mol. The van der Waals surface area contributed by atoms with Crippen LogP contribution in [0.3, 0.4) is 0 Å². The molecule has 0 aromatic heterocycles. The summed E-state index contributed by atoms with van der Waals surface area (Å²) in [6, 6.07) is 16.4. The highest BCUT2D eigenvalue weighted by Crippen LogP contribution is 2.32. The lowest BCUT2D eigenvalue weighted by Gasteiger charge is -2.10. The predicted octanol–water partition coefficient (Wildman–Crippen LogP) is 3.63. The van der Waals surface area contributed by atoms with E-state index >= 15 is 0 Å². The summed E-state index contributed by atoms with van der Waals surface area (Å²) in [4.78, 5) is 13.3. The number of ether oxygens (including phenoxy) is 1. The number of hydrogen-bond donors (Lipinski definition) is 1. The lowest BCUT2D eigenvalue weighted by atomic mass is 10.0. The Bertz CT molecular complexity index is 669. The number of nitrogens with one attached hydrogen (secondary N) is 1. The van der Waals surface area contributed by atoms with E-state index in [1.807, 2.05) is 18.2 Å². The first kappa shape index (κ1) is 15.9. The lowest BCUT2D eigenvalue weighted by molar-refractivity contribution is -0.121. The van der Waals surface area contributed by atoms with Crippen LogP contribution in [0.15, 0.2) is 53.4 Å². The van der Waals surface area contributed by atoms with Crippen molar-refractivity contribution in [1.82, 2.24) is 5.32 Å². The van der Waals surface area contributed by atoms with Gasteiger partial charge in [-0.1, -0.05) is 30.3 Å². The van der Waals surface area contributed by atoms with Crippen LogP contribution < -0.4 is 10.1 Å². The number of hydrogen-bond acceptors (Lipinski definition) is 3. The second kappa shape index (κ2) is 7.55. The van der Waals surface area contributed by atoms with Crippen LogP contribution in [0.2, 0.25) is 0 Å². The van der Waals surface area contributed by atoms with Crippen molar-refractivity contribution in [3.05, 3.63) is 59.7 Å². The molecule has 1 atom stereocenters. The van der Waals surface area contributed by atoms with Crippen LogP contribution >= 0.6 is 11.8 Å². The maximum absolute atomic E-state index is 12.1. The van der Waals surface area contributed by atoms with Crippen LogP contribution in [0.25, 0.3) is 0 Å². The highest BCUT2D eigenvalue weighted by atomic mass is 32.2. The third kappa shape index (κ3) is 4.08. The number of benzene rings is 2. The maximum atomic E-state index is 12.1. The Morgan fingerprint density at radius 2 is 2.00 bits per heavy atom. The van der Waals surface area contributed by atoms with Crippen LogP contribution in [0.5, 0.6) is 5.75 Å². The third-order valence-electron chi connectivity index (χ3n) is 4.14. The molecule has 1 aliphatic rings. The summed E-state index contributed by atoms with van der Waals surface area (Å²) in [5.41, 5.74) is 2.40. The molecule has 1 aliphatic heterocycles. The molecule has 0 fully saturated rings. The number of thioether (sulfide) groups is 1. The molecular weight excluding hydrogens is 306 g/mol. The molecule has 2 aromatic carbocycles. The van der Waals surface area contributed by atoms with Gasteiger partial charge in [0.1, 0.15) is 5.75 Å². The number of para-hydroxylation sites is 1. The maximum Gasteiger partial charge on any atom is 0.220 e. The van der Waals surface area contributed by atoms with Crippen LogP contribution in [-0.4, -0.2) is 25.3 Å². The Labute approximate surface area is 141 Å². The Hall–Kier alpha value is -1.94. The second-order valence-corrected chi connectivity index (χ2v) is 6.58. The zero-order chi connectivity index (χ0) is 16.1. The van der Waals surface area contributed by atoms with E-state index in [4.69, 9.17) is 4.74 Å². The average molecular weight is 327 g/mol. The van der Waals surface area contributed by atoms with Crippen LogP contribution in [0.1, 0.15) is 23.5 Å². The SMILES string of the molecule is CSc1ccc(CCC(=O)NCC2COc3ccccc32)cc1. The van der Waals surface area contributed by atoms with Crippen molar-refractivity contribution in [2.24, 2.45) is 0 Å². The first-order chi connectivity index (χ1) is 11.3. The van der Waals surface area contributed by atoms with E-state index in [2.05, 4.69) is 41.9 Å². The van der Waals surface area contributed by atoms with Gasteiger partial charge < -0.3 is 10.1 Å². The first-order valence-electron chi connectivity index (χ1n) is 7.87. The summed E-state index contributed by atoms with van der Waals surface area (Å²) < 4.78 is 5.64. The summed E-state index contributed by atoms with van der Waals surface area (Å²) >= 11 is 1.73. The highest BCUT2D eigenvalue weighted by Gasteiger charge is 2.23. The third-order valence-corrected chi connectivity index (χ3v) is 4.89. The second-order valence-electron chi connectivity index (χ2n) is 5.70. The minimum absolute atomic E-state index is 0.100. The smallest absolute Gasteiger partial charge is 0.220 e. The van der Waals surface area contributed by atoms with E-state index in [0.717, 1.165) is 12.2 Å². The molecule has 1 heterocycles. The molecule has 120 valence electrons. The van der Waals surface area contributed by atoms with E-state index in [1.54, 1.807) is 11.8 Å². The Morgan fingerprint density at radius 3 is 2.78 bits per heavy atom. The van der Waals surface area contributed by atoms with Gasteiger partial charge in [0.25, 0.3) is 0 Å². The average Bonchev–Trinajstić information content (AvgIpc) is 3.02. The van der Waals surface area contributed by atoms with Gasteiger partial charge in [0, 0.05) is 29.3 Å². The Balaban J connectivity index is 1.45. The normalized spacial score (nSPS) is 15.8. The van der Waals surface area contributed by atoms with E-state index in [-0.39, 0.29) is 11.8 Å². The zero-order valence-electron chi connectivity index (χ0n) is 13.2. The van der Waals surface area contributed by atoms with Crippen molar-refractivity contribution in [1.29, 1.82) is 0 Å². The van der Waals surface area contributed by atoms with Crippen LogP contribution in [0, 0.1) is 0 Å². The van der Waals surface area contributed by atoms with Gasteiger partial charge in [0.05, 0.1) is 6.61 Å². The molecule has 0 saturated carbocycles. The van der Waals surface area contributed by atoms with E-state index in [0.29, 0.717) is 19.6 Å². The number of amides is 1. The van der Waals surface area contributed by atoms with E-state index in [1.165, 1.54) is 16.0 Å². The van der Waals surface area contributed by atoms with Gasteiger partial charge in [-0.2, -0.15) is 0 Å². The monoisotopic (exact) mass is 327 g/mol. The first-order valence-corrected chi connectivity index (χ1v) is 9.10. The number of rotatable bonds is 6. The largest absolute Gasteiger partial charge is 0.493 e. The van der Waals surface area contributed by atoms with Gasteiger partial charge in [0.15, 0.2) is 0 Å². The van der Waals surface area contributed by atoms with Gasteiger partial charge in [-0.15, -0.1) is 11.8 Å². The molecule has 0 bridgehead atoms. The summed E-state index contributed by atoms with van der Waals surface area (Å²) in [5.74, 6) is 1.31. The molecule has 2 aromatic rings. The molecule has 0 aliphatic carbocycles. The topological polar surface area (TPSA) is 38.3 Å². The van der Waals surface area contributed by atoms with Gasteiger partial charge >= 0.3 is 0 Å². The number of aryl methyl sites for hydroxylation is 1. The number of carbonyl (C=O) groups is 1. The lowest BCUT2D eigenvalue weighted by Crippen LogP contribution is -2.29. The molecule has 3 nitrogen and oxygen atoms in total. The standard InChI is InChI=1S/C19H21NO2S/c1-23-16-9-6-14(7-10-16)8-11-19(21)20-12-15-13-22-18-5-3-2-4-17(15)18/h2-7,9-10,15H,8,11-13H2,1H3,(H,20,21). The van der Waals surface area contributed by atoms with Crippen LogP contribution in [-0.2, 0) is 11.2 Å². The minimum atomic E-state index is 0.100. The molecule has 0 saturated heterocycles. The van der Waals surface area contributed by atoms with Crippen molar-refractivity contribution in [3.63, 3.8) is 0 Å². The number of fused-ring (bicyclic) bond motifs is 1. The molecule has 23 heavy (non-hydrogen) atoms. The fourth-order valence-corrected chi connectivity index (χ4v) is 3.18. The molecule has 3 rings (SSSR count). The molecule has 0 spiro atoms. The molecule has 0 radical (unpaired) electrons. The number of carbonyl (C=O) groups excluding carboxylic acids is 1. The Morgan fingerprint density at radius 1 is 1.22 bits per heavy atom. The van der Waals surface area contributed by atoms with Crippen molar-refractivity contribution in [3.8, 4) is 5.75 Å². The fourth-order valence-electron chi connectivity index (χ4n) is 2.77. The van der Waals surface area contributed by atoms with Crippen molar-refractivity contribution < 1.29 is 9.53 Å². The van der Waals surface area contributed by atoms with Crippen molar-refractivity contribution >= 4 is 17.7 Å². The molecular formula is C19H21NO2S. The summed E-state index contributed by atoms with van der Waals surface area (Å²) in [5, 5.41) is 3.04. The Kier molecular flexibility index (Phi) is 5.23. The van der Waals surface area contributed by atoms with Crippen LogP contribution in [0.4, 0.5) is 0 Å². The quantitative estimate of drug-likeness (QED) is 0.823. The zero-order valence-corrected chi connectivity index (χ0v) is 14.1. The van der Waals surface area contributed by atoms with E-state index < -0.39 is 0 Å². The molecule has 1 N–H and O–H groups in total. The van der Waals surface area contributed by atoms with Gasteiger partial charge in [-0.05, 0) is 36.4 Å². The summed E-state index contributed by atoms with van der Waals surface area (Å²) in [6.45, 7) is 1.29. The highest BCUT2D eigenvalue weighted by molar-refractivity contribution is 7.98. The molecule has 4 heteroatoms. The van der Waals surface area contributed by atoms with Crippen molar-refractivity contribution in [2.75, 3.05) is 19.4 Å². The van der Waals surface area contributed by atoms with E-state index in [9.17, 15) is 4.79 Å². The van der Waals surface area contributed by atoms with Crippen molar-refractivity contribution in [2.45, 2.75) is 23.7 Å². The minimum Gasteiger partial charge on any atom is -0.493 e. The van der Waals surface area contributed by atoms with Gasteiger partial charge in [-0.3, -0.25) is 4.79 Å². The fraction of sp³-hybridized carbons (Fsp3) is 0.316. The summed E-state index contributed by atoms with van der Waals surface area (Å²) in [7, 11) is 0. The molecule has 1 unspecified atom stereocenters. The van der Waals surface area contributed by atoms with Gasteiger partial charge in [0.2, 0.25) is 5.91 Å².